The van der Waals surface area contributed by atoms with Crippen molar-refractivity contribution in [3.05, 3.63) is 40.4 Å². The van der Waals surface area contributed by atoms with Gasteiger partial charge in [0.2, 0.25) is 11.8 Å². The summed E-state index contributed by atoms with van der Waals surface area (Å²) in [5, 5.41) is 6.60. The second-order valence-corrected chi connectivity index (χ2v) is 8.61. The average molecular weight is 400 g/mol. The molecule has 2 aliphatic carbocycles. The Morgan fingerprint density at radius 3 is 2.79 bits per heavy atom. The number of anilines is 1. The summed E-state index contributed by atoms with van der Waals surface area (Å²) in [6, 6.07) is 5.64. The summed E-state index contributed by atoms with van der Waals surface area (Å²) in [5.41, 5.74) is 1.74. The van der Waals surface area contributed by atoms with E-state index in [-0.39, 0.29) is 23.8 Å². The van der Waals surface area contributed by atoms with Crippen LogP contribution < -0.4 is 15.4 Å². The van der Waals surface area contributed by atoms with E-state index in [0.717, 1.165) is 41.8 Å². The largest absolute Gasteiger partial charge is 0.474 e. The molecule has 0 bridgehead atoms. The van der Waals surface area contributed by atoms with E-state index in [4.69, 9.17) is 4.74 Å². The van der Waals surface area contributed by atoms with E-state index in [1.165, 1.54) is 24.2 Å². The molecule has 0 saturated heterocycles. The molecule has 28 heavy (non-hydrogen) atoms. The number of rotatable bonds is 7. The van der Waals surface area contributed by atoms with Gasteiger partial charge in [-0.3, -0.25) is 9.59 Å². The van der Waals surface area contributed by atoms with Crippen LogP contribution in [0.1, 0.15) is 59.3 Å². The van der Waals surface area contributed by atoms with Crippen LogP contribution in [0.5, 0.6) is 5.88 Å². The van der Waals surface area contributed by atoms with E-state index < -0.39 is 0 Å². The van der Waals surface area contributed by atoms with Crippen molar-refractivity contribution in [1.29, 1.82) is 0 Å². The standard InChI is InChI=1S/C21H25N3O3S/c1-13-11-17(24-19(25)14-8-9-14)28-18(13)20(26)23-12-15-5-4-10-22-21(15)27-16-6-2-3-7-16/h4-5,10-11,14,16H,2-3,6-9,12H2,1H3,(H,23,26)(H,24,25). The molecular weight excluding hydrogens is 374 g/mol. The number of carbonyl (C=O) groups is 2. The van der Waals surface area contributed by atoms with Crippen molar-refractivity contribution in [3.63, 3.8) is 0 Å². The Morgan fingerprint density at radius 1 is 1.25 bits per heavy atom. The number of thiophene rings is 1. The molecule has 2 heterocycles. The maximum atomic E-state index is 12.7. The van der Waals surface area contributed by atoms with Crippen LogP contribution in [0.2, 0.25) is 0 Å². The molecule has 0 atom stereocenters. The van der Waals surface area contributed by atoms with E-state index >= 15 is 0 Å². The van der Waals surface area contributed by atoms with Crippen LogP contribution in [0.25, 0.3) is 0 Å². The predicted octanol–water partition coefficient (Wildman–Crippen LogP) is 4.05. The summed E-state index contributed by atoms with van der Waals surface area (Å²) in [5.74, 6) is 0.654. The van der Waals surface area contributed by atoms with E-state index in [2.05, 4.69) is 15.6 Å². The van der Waals surface area contributed by atoms with E-state index in [9.17, 15) is 9.59 Å². The van der Waals surface area contributed by atoms with Crippen molar-refractivity contribution in [2.45, 2.75) is 58.1 Å². The van der Waals surface area contributed by atoms with Crippen LogP contribution in [0.3, 0.4) is 0 Å². The number of pyridine rings is 1. The fourth-order valence-electron chi connectivity index (χ4n) is 3.42. The number of carbonyl (C=O) groups excluding carboxylic acids is 2. The molecule has 2 aliphatic rings. The van der Waals surface area contributed by atoms with Crippen LogP contribution in [0.15, 0.2) is 24.4 Å². The zero-order chi connectivity index (χ0) is 19.5. The number of hydrogen-bond donors (Lipinski definition) is 2. The van der Waals surface area contributed by atoms with Crippen LogP contribution in [0, 0.1) is 12.8 Å². The number of amides is 2. The van der Waals surface area contributed by atoms with Gasteiger partial charge in [-0.15, -0.1) is 11.3 Å². The molecular formula is C21H25N3O3S. The summed E-state index contributed by atoms with van der Waals surface area (Å²) >= 11 is 1.32. The first-order chi connectivity index (χ1) is 13.6. The van der Waals surface area contributed by atoms with Gasteiger partial charge in [-0.1, -0.05) is 6.07 Å². The first-order valence-corrected chi connectivity index (χ1v) is 10.7. The van der Waals surface area contributed by atoms with E-state index in [1.54, 1.807) is 6.20 Å². The lowest BCUT2D eigenvalue weighted by Crippen LogP contribution is -2.23. The predicted molar refractivity (Wildman–Crippen MR) is 109 cm³/mol. The first kappa shape index (κ1) is 18.9. The van der Waals surface area contributed by atoms with Gasteiger partial charge in [0.1, 0.15) is 6.10 Å². The van der Waals surface area contributed by atoms with Gasteiger partial charge in [0.05, 0.1) is 9.88 Å². The van der Waals surface area contributed by atoms with Crippen LogP contribution in [-0.4, -0.2) is 22.9 Å². The fraction of sp³-hybridized carbons (Fsp3) is 0.476. The Labute approximate surface area is 168 Å². The number of aromatic nitrogens is 1. The SMILES string of the molecule is Cc1cc(NC(=O)C2CC2)sc1C(=O)NCc1cccnc1OC1CCCC1. The van der Waals surface area contributed by atoms with Gasteiger partial charge in [-0.2, -0.15) is 0 Å². The van der Waals surface area contributed by atoms with Gasteiger partial charge >= 0.3 is 0 Å². The Bertz CT molecular complexity index is 870. The number of nitrogens with zero attached hydrogens (tertiary/aromatic N) is 1. The summed E-state index contributed by atoms with van der Waals surface area (Å²) in [6.07, 6.45) is 8.37. The van der Waals surface area contributed by atoms with Gasteiger partial charge < -0.3 is 15.4 Å². The average Bonchev–Trinajstić information content (AvgIpc) is 3.31. The van der Waals surface area contributed by atoms with E-state index in [0.29, 0.717) is 17.3 Å². The summed E-state index contributed by atoms with van der Waals surface area (Å²) < 4.78 is 6.04. The smallest absolute Gasteiger partial charge is 0.261 e. The van der Waals surface area contributed by atoms with Crippen LogP contribution in [-0.2, 0) is 11.3 Å². The monoisotopic (exact) mass is 399 g/mol. The molecule has 2 aromatic heterocycles. The summed E-state index contributed by atoms with van der Waals surface area (Å²) in [6.45, 7) is 2.24. The highest BCUT2D eigenvalue weighted by Gasteiger charge is 2.30. The maximum Gasteiger partial charge on any atom is 0.261 e. The Kier molecular flexibility index (Phi) is 5.62. The number of nitrogens with one attached hydrogen (secondary N) is 2. The molecule has 2 amide bonds. The molecule has 2 fully saturated rings. The van der Waals surface area contributed by atoms with Crippen molar-refractivity contribution in [3.8, 4) is 5.88 Å². The molecule has 2 aromatic rings. The van der Waals surface area contributed by atoms with Gasteiger partial charge in [0, 0.05) is 24.2 Å². The molecule has 6 nitrogen and oxygen atoms in total. The Balaban J connectivity index is 1.38. The molecule has 0 aliphatic heterocycles. The maximum absolute atomic E-state index is 12.7. The topological polar surface area (TPSA) is 80.3 Å². The molecule has 4 rings (SSSR count). The minimum atomic E-state index is -0.148. The molecule has 0 spiro atoms. The van der Waals surface area contributed by atoms with Crippen molar-refractivity contribution in [2.24, 2.45) is 5.92 Å². The Hall–Kier alpha value is -2.41. The zero-order valence-electron chi connectivity index (χ0n) is 16.0. The normalized spacial score (nSPS) is 16.8. The third-order valence-corrected chi connectivity index (χ3v) is 6.34. The molecule has 0 unspecified atom stereocenters. The minimum Gasteiger partial charge on any atom is -0.474 e. The quantitative estimate of drug-likeness (QED) is 0.736. The lowest BCUT2D eigenvalue weighted by Gasteiger charge is -2.15. The van der Waals surface area contributed by atoms with Gasteiger partial charge in [0.25, 0.3) is 5.91 Å². The zero-order valence-corrected chi connectivity index (χ0v) is 16.8. The minimum absolute atomic E-state index is 0.0530. The molecule has 148 valence electrons. The summed E-state index contributed by atoms with van der Waals surface area (Å²) in [7, 11) is 0. The van der Waals surface area contributed by atoms with Crippen molar-refractivity contribution < 1.29 is 14.3 Å². The highest BCUT2D eigenvalue weighted by molar-refractivity contribution is 7.18. The van der Waals surface area contributed by atoms with Crippen LogP contribution >= 0.6 is 11.3 Å². The van der Waals surface area contributed by atoms with Gasteiger partial charge in [-0.25, -0.2) is 4.98 Å². The number of aryl methyl sites for hydroxylation is 1. The number of hydrogen-bond acceptors (Lipinski definition) is 5. The third kappa shape index (κ3) is 4.52. The third-order valence-electron chi connectivity index (χ3n) is 5.19. The van der Waals surface area contributed by atoms with Gasteiger partial charge in [0.15, 0.2) is 0 Å². The summed E-state index contributed by atoms with van der Waals surface area (Å²) in [4.78, 5) is 29.6. The molecule has 7 heteroatoms. The first-order valence-electron chi connectivity index (χ1n) is 9.90. The molecule has 2 saturated carbocycles. The molecule has 2 N–H and O–H groups in total. The van der Waals surface area contributed by atoms with Crippen molar-refractivity contribution in [1.82, 2.24) is 10.3 Å². The fourth-order valence-corrected chi connectivity index (χ4v) is 4.41. The van der Waals surface area contributed by atoms with Crippen LogP contribution in [0.4, 0.5) is 5.00 Å². The van der Waals surface area contributed by atoms with Gasteiger partial charge in [-0.05, 0) is 63.1 Å². The number of ether oxygens (including phenoxy) is 1. The van der Waals surface area contributed by atoms with E-state index in [1.807, 2.05) is 25.1 Å². The Morgan fingerprint density at radius 2 is 2.04 bits per heavy atom. The lowest BCUT2D eigenvalue weighted by molar-refractivity contribution is -0.117. The second kappa shape index (κ2) is 8.31. The highest BCUT2D eigenvalue weighted by atomic mass is 32.1. The molecule has 0 aromatic carbocycles. The van der Waals surface area contributed by atoms with Crippen molar-refractivity contribution >= 4 is 28.2 Å². The second-order valence-electron chi connectivity index (χ2n) is 7.56. The highest BCUT2D eigenvalue weighted by Crippen LogP contribution is 2.33. The lowest BCUT2D eigenvalue weighted by atomic mass is 10.2. The molecule has 0 radical (unpaired) electrons. The van der Waals surface area contributed by atoms with Crippen molar-refractivity contribution in [2.75, 3.05) is 5.32 Å².